The Labute approximate surface area is 110 Å². The molecule has 0 radical (unpaired) electrons. The number of nitrogens with zero attached hydrogens (tertiary/aromatic N) is 1. The third kappa shape index (κ3) is 4.52. The predicted molar refractivity (Wildman–Crippen MR) is 76.4 cm³/mol. The second-order valence-corrected chi connectivity index (χ2v) is 5.06. The lowest BCUT2D eigenvalue weighted by molar-refractivity contribution is 0.259. The Balaban J connectivity index is 1.74. The Morgan fingerprint density at radius 3 is 2.67 bits per heavy atom. The van der Waals surface area contributed by atoms with E-state index in [4.69, 9.17) is 0 Å². The molecule has 1 aliphatic rings. The van der Waals surface area contributed by atoms with Gasteiger partial charge in [-0.3, -0.25) is 4.90 Å². The van der Waals surface area contributed by atoms with E-state index in [0.29, 0.717) is 0 Å². The molecule has 0 aromatic heterocycles. The van der Waals surface area contributed by atoms with Crippen molar-refractivity contribution in [2.24, 2.45) is 5.92 Å². The zero-order valence-corrected chi connectivity index (χ0v) is 11.2. The quantitative estimate of drug-likeness (QED) is 0.815. The van der Waals surface area contributed by atoms with E-state index in [0.717, 1.165) is 18.0 Å². The maximum absolute atomic E-state index is 3.41. The summed E-state index contributed by atoms with van der Waals surface area (Å²) < 4.78 is 0. The van der Waals surface area contributed by atoms with Gasteiger partial charge in [-0.15, -0.1) is 0 Å². The highest BCUT2D eigenvalue weighted by Gasteiger charge is 2.14. The van der Waals surface area contributed by atoms with Crippen molar-refractivity contribution in [1.82, 2.24) is 10.2 Å². The first-order valence-corrected chi connectivity index (χ1v) is 6.78. The van der Waals surface area contributed by atoms with Gasteiger partial charge in [0.25, 0.3) is 0 Å². The van der Waals surface area contributed by atoms with Crippen molar-refractivity contribution < 1.29 is 0 Å². The van der Waals surface area contributed by atoms with Crippen LogP contribution in [-0.2, 0) is 0 Å². The van der Waals surface area contributed by atoms with Crippen LogP contribution >= 0.6 is 0 Å². The first-order valence-electron chi connectivity index (χ1n) is 6.78. The van der Waals surface area contributed by atoms with Crippen LogP contribution in [0.15, 0.2) is 30.3 Å². The van der Waals surface area contributed by atoms with Gasteiger partial charge < -0.3 is 5.32 Å². The molecule has 2 nitrogen and oxygen atoms in total. The summed E-state index contributed by atoms with van der Waals surface area (Å²) in [5.41, 5.74) is 1.10. The molecule has 0 bridgehead atoms. The molecule has 2 heteroatoms. The van der Waals surface area contributed by atoms with E-state index < -0.39 is 0 Å². The van der Waals surface area contributed by atoms with Crippen molar-refractivity contribution in [3.63, 3.8) is 0 Å². The SMILES string of the molecule is CN(CC#Cc1ccccc1)CC1CCNCC1. The minimum absolute atomic E-state index is 0.842. The van der Waals surface area contributed by atoms with Gasteiger partial charge in [-0.05, 0) is 51.0 Å². The molecule has 1 heterocycles. The molecule has 1 saturated heterocycles. The topological polar surface area (TPSA) is 15.3 Å². The van der Waals surface area contributed by atoms with Crippen LogP contribution in [0.3, 0.4) is 0 Å². The van der Waals surface area contributed by atoms with Gasteiger partial charge >= 0.3 is 0 Å². The Kier molecular flexibility index (Phi) is 5.26. The summed E-state index contributed by atoms with van der Waals surface area (Å²) in [5.74, 6) is 7.30. The Hall–Kier alpha value is -1.30. The van der Waals surface area contributed by atoms with Gasteiger partial charge in [-0.2, -0.15) is 0 Å². The third-order valence-corrected chi connectivity index (χ3v) is 3.38. The van der Waals surface area contributed by atoms with Crippen LogP contribution in [0, 0.1) is 17.8 Å². The van der Waals surface area contributed by atoms with E-state index in [2.05, 4.69) is 41.2 Å². The lowest BCUT2D eigenvalue weighted by Gasteiger charge is -2.26. The summed E-state index contributed by atoms with van der Waals surface area (Å²) in [7, 11) is 2.17. The van der Waals surface area contributed by atoms with Crippen LogP contribution in [0.1, 0.15) is 18.4 Å². The monoisotopic (exact) mass is 242 g/mol. The summed E-state index contributed by atoms with van der Waals surface area (Å²) in [4.78, 5) is 2.34. The van der Waals surface area contributed by atoms with Crippen LogP contribution in [0.4, 0.5) is 0 Å². The summed E-state index contributed by atoms with van der Waals surface area (Å²) in [5, 5.41) is 3.41. The molecule has 1 N–H and O–H groups in total. The van der Waals surface area contributed by atoms with Crippen LogP contribution in [0.2, 0.25) is 0 Å². The maximum Gasteiger partial charge on any atom is 0.0602 e. The normalized spacial score (nSPS) is 16.3. The number of nitrogens with one attached hydrogen (secondary N) is 1. The molecule has 2 rings (SSSR count). The first-order chi connectivity index (χ1) is 8.84. The van der Waals surface area contributed by atoms with E-state index >= 15 is 0 Å². The molecule has 0 saturated carbocycles. The summed E-state index contributed by atoms with van der Waals surface area (Å²) >= 11 is 0. The molecule has 1 aliphatic heterocycles. The van der Waals surface area contributed by atoms with Crippen LogP contribution in [0.5, 0.6) is 0 Å². The standard InChI is InChI=1S/C16H22N2/c1-18(14-16-9-11-17-12-10-16)13-5-8-15-6-3-2-4-7-15/h2-4,6-7,16-17H,9-14H2,1H3. The average Bonchev–Trinajstić information content (AvgIpc) is 2.41. The molecular weight excluding hydrogens is 220 g/mol. The largest absolute Gasteiger partial charge is 0.317 e. The number of hydrogen-bond acceptors (Lipinski definition) is 2. The average molecular weight is 242 g/mol. The summed E-state index contributed by atoms with van der Waals surface area (Å²) in [6, 6.07) is 10.2. The fourth-order valence-corrected chi connectivity index (χ4v) is 2.37. The highest BCUT2D eigenvalue weighted by molar-refractivity contribution is 5.33. The molecule has 1 aromatic rings. The Morgan fingerprint density at radius 1 is 1.22 bits per heavy atom. The van der Waals surface area contributed by atoms with Gasteiger partial charge in [0.1, 0.15) is 0 Å². The van der Waals surface area contributed by atoms with Crippen molar-refractivity contribution >= 4 is 0 Å². The molecule has 96 valence electrons. The summed E-state index contributed by atoms with van der Waals surface area (Å²) in [6.07, 6.45) is 2.60. The van der Waals surface area contributed by atoms with Gasteiger partial charge in [0, 0.05) is 12.1 Å². The number of rotatable bonds is 3. The van der Waals surface area contributed by atoms with Gasteiger partial charge in [-0.1, -0.05) is 30.0 Å². The maximum atomic E-state index is 3.41. The van der Waals surface area contributed by atoms with E-state index in [-0.39, 0.29) is 0 Å². The van der Waals surface area contributed by atoms with Crippen LogP contribution < -0.4 is 5.32 Å². The molecule has 0 amide bonds. The fraction of sp³-hybridized carbons (Fsp3) is 0.500. The molecule has 0 atom stereocenters. The molecule has 0 spiro atoms. The highest BCUT2D eigenvalue weighted by Crippen LogP contribution is 2.12. The lowest BCUT2D eigenvalue weighted by atomic mass is 9.98. The van der Waals surface area contributed by atoms with Gasteiger partial charge in [0.15, 0.2) is 0 Å². The smallest absolute Gasteiger partial charge is 0.0602 e. The lowest BCUT2D eigenvalue weighted by Crippen LogP contribution is -2.34. The van der Waals surface area contributed by atoms with Gasteiger partial charge in [-0.25, -0.2) is 0 Å². The van der Waals surface area contributed by atoms with E-state index in [1.54, 1.807) is 0 Å². The van der Waals surface area contributed by atoms with Gasteiger partial charge in [0.05, 0.1) is 6.54 Å². The van der Waals surface area contributed by atoms with E-state index in [1.165, 1.54) is 32.5 Å². The molecule has 1 fully saturated rings. The molecule has 18 heavy (non-hydrogen) atoms. The van der Waals surface area contributed by atoms with Crippen molar-refractivity contribution in [2.45, 2.75) is 12.8 Å². The zero-order valence-electron chi connectivity index (χ0n) is 11.2. The Bertz CT molecular complexity index is 396. The fourth-order valence-electron chi connectivity index (χ4n) is 2.37. The summed E-state index contributed by atoms with van der Waals surface area (Å²) in [6.45, 7) is 4.38. The number of benzene rings is 1. The predicted octanol–water partition coefficient (Wildman–Crippen LogP) is 1.97. The highest BCUT2D eigenvalue weighted by atomic mass is 15.1. The van der Waals surface area contributed by atoms with Crippen molar-refractivity contribution in [2.75, 3.05) is 33.2 Å². The van der Waals surface area contributed by atoms with Crippen LogP contribution in [-0.4, -0.2) is 38.1 Å². The number of piperidine rings is 1. The zero-order chi connectivity index (χ0) is 12.6. The second kappa shape index (κ2) is 7.20. The number of hydrogen-bond donors (Lipinski definition) is 1. The molecule has 0 aliphatic carbocycles. The minimum atomic E-state index is 0.842. The van der Waals surface area contributed by atoms with Crippen molar-refractivity contribution in [3.8, 4) is 11.8 Å². The third-order valence-electron chi connectivity index (χ3n) is 3.38. The molecular formula is C16H22N2. The van der Waals surface area contributed by atoms with Crippen molar-refractivity contribution in [3.05, 3.63) is 35.9 Å². The molecule has 0 unspecified atom stereocenters. The minimum Gasteiger partial charge on any atom is -0.317 e. The first kappa shape index (κ1) is 13.1. The van der Waals surface area contributed by atoms with E-state index in [1.807, 2.05) is 18.2 Å². The van der Waals surface area contributed by atoms with Gasteiger partial charge in [0.2, 0.25) is 0 Å². The molecule has 1 aromatic carbocycles. The Morgan fingerprint density at radius 2 is 1.94 bits per heavy atom. The second-order valence-electron chi connectivity index (χ2n) is 5.06. The van der Waals surface area contributed by atoms with Crippen molar-refractivity contribution in [1.29, 1.82) is 0 Å². The van der Waals surface area contributed by atoms with Crippen LogP contribution in [0.25, 0.3) is 0 Å². The van der Waals surface area contributed by atoms with E-state index in [9.17, 15) is 0 Å².